The molecule has 4 nitrogen and oxygen atoms in total. The van der Waals surface area contributed by atoms with E-state index in [1.807, 2.05) is 0 Å². The number of alkyl halides is 3. The molecule has 0 amide bonds. The molecular formula is C9H5ClF3NO3S. The second-order valence-corrected chi connectivity index (χ2v) is 5.70. The molecule has 1 aromatic rings. The molecule has 0 atom stereocenters. The molecule has 0 saturated heterocycles. The van der Waals surface area contributed by atoms with Gasteiger partial charge in [-0.2, -0.15) is 5.26 Å². The van der Waals surface area contributed by atoms with Crippen molar-refractivity contribution in [1.82, 2.24) is 0 Å². The van der Waals surface area contributed by atoms with E-state index >= 15 is 0 Å². The summed E-state index contributed by atoms with van der Waals surface area (Å²) < 4.78 is 62.3. The average Bonchev–Trinajstić information content (AvgIpc) is 2.17. The fraction of sp³-hybridized carbons (Fsp3) is 0.222. The molecule has 98 valence electrons. The highest BCUT2D eigenvalue weighted by atomic mass is 35.7. The van der Waals surface area contributed by atoms with Crippen molar-refractivity contribution in [3.8, 4) is 11.8 Å². The van der Waals surface area contributed by atoms with Crippen molar-refractivity contribution in [3.63, 3.8) is 0 Å². The van der Waals surface area contributed by atoms with E-state index in [1.54, 1.807) is 0 Å². The minimum absolute atomic E-state index is 0.374. The van der Waals surface area contributed by atoms with Crippen LogP contribution in [0.25, 0.3) is 0 Å². The van der Waals surface area contributed by atoms with Crippen LogP contribution in [0.1, 0.15) is 11.1 Å². The van der Waals surface area contributed by atoms with Crippen molar-refractivity contribution in [2.75, 3.05) is 0 Å². The van der Waals surface area contributed by atoms with Crippen molar-refractivity contribution in [3.05, 3.63) is 23.3 Å². The molecule has 0 aliphatic heterocycles. The van der Waals surface area contributed by atoms with Gasteiger partial charge in [-0.05, 0) is 19.1 Å². The number of hydrogen-bond donors (Lipinski definition) is 0. The van der Waals surface area contributed by atoms with Gasteiger partial charge in [0.25, 0.3) is 9.05 Å². The first-order valence-corrected chi connectivity index (χ1v) is 6.61. The zero-order chi connectivity index (χ0) is 14.1. The highest BCUT2D eigenvalue weighted by molar-refractivity contribution is 8.13. The summed E-state index contributed by atoms with van der Waals surface area (Å²) in [4.78, 5) is -0.539. The fourth-order valence-electron chi connectivity index (χ4n) is 1.27. The van der Waals surface area contributed by atoms with Gasteiger partial charge < -0.3 is 4.74 Å². The summed E-state index contributed by atoms with van der Waals surface area (Å²) in [5, 5.41) is 8.65. The summed E-state index contributed by atoms with van der Waals surface area (Å²) in [5.41, 5.74) is -0.810. The van der Waals surface area contributed by atoms with Crippen LogP contribution in [0.15, 0.2) is 17.0 Å². The molecule has 0 aromatic heterocycles. The Morgan fingerprint density at radius 2 is 1.94 bits per heavy atom. The van der Waals surface area contributed by atoms with Gasteiger partial charge in [0.2, 0.25) is 0 Å². The minimum Gasteiger partial charge on any atom is -0.404 e. The number of rotatable bonds is 2. The SMILES string of the molecule is Cc1c(S(=O)(=O)Cl)ccc(C#N)c1OC(F)(F)F. The number of ether oxygens (including phenoxy) is 1. The Labute approximate surface area is 105 Å². The monoisotopic (exact) mass is 299 g/mol. The quantitative estimate of drug-likeness (QED) is 0.787. The van der Waals surface area contributed by atoms with Crippen LogP contribution in [-0.2, 0) is 9.05 Å². The van der Waals surface area contributed by atoms with Gasteiger partial charge in [-0.15, -0.1) is 13.2 Å². The Balaban J connectivity index is 3.53. The first kappa shape index (κ1) is 14.6. The lowest BCUT2D eigenvalue weighted by molar-refractivity contribution is -0.275. The van der Waals surface area contributed by atoms with Crippen LogP contribution >= 0.6 is 10.7 Å². The van der Waals surface area contributed by atoms with Gasteiger partial charge in [0.05, 0.1) is 10.5 Å². The molecule has 0 fully saturated rings. The molecule has 1 aromatic carbocycles. The van der Waals surface area contributed by atoms with E-state index in [0.717, 1.165) is 19.1 Å². The largest absolute Gasteiger partial charge is 0.573 e. The summed E-state index contributed by atoms with van der Waals surface area (Å²) in [7, 11) is 0.834. The Morgan fingerprint density at radius 3 is 2.33 bits per heavy atom. The van der Waals surface area contributed by atoms with Crippen molar-refractivity contribution < 1.29 is 26.3 Å². The van der Waals surface area contributed by atoms with Crippen molar-refractivity contribution in [2.24, 2.45) is 0 Å². The fourth-order valence-corrected chi connectivity index (χ4v) is 2.46. The third-order valence-corrected chi connectivity index (χ3v) is 3.42. The van der Waals surface area contributed by atoms with Crippen LogP contribution in [0.2, 0.25) is 0 Å². The second-order valence-electron chi connectivity index (χ2n) is 3.16. The topological polar surface area (TPSA) is 67.2 Å². The lowest BCUT2D eigenvalue weighted by Crippen LogP contribution is -2.19. The zero-order valence-corrected chi connectivity index (χ0v) is 10.3. The Hall–Kier alpha value is -1.46. The van der Waals surface area contributed by atoms with Crippen LogP contribution in [0.4, 0.5) is 13.2 Å². The minimum atomic E-state index is -5.04. The number of halogens is 4. The van der Waals surface area contributed by atoms with E-state index in [0.29, 0.717) is 0 Å². The van der Waals surface area contributed by atoms with Crippen LogP contribution < -0.4 is 4.74 Å². The van der Waals surface area contributed by atoms with E-state index in [-0.39, 0.29) is 5.56 Å². The van der Waals surface area contributed by atoms with E-state index < -0.39 is 31.6 Å². The molecule has 1 rings (SSSR count). The van der Waals surface area contributed by atoms with Crippen LogP contribution in [0.3, 0.4) is 0 Å². The molecule has 0 saturated carbocycles. The van der Waals surface area contributed by atoms with E-state index in [2.05, 4.69) is 4.74 Å². The highest BCUT2D eigenvalue weighted by Crippen LogP contribution is 2.34. The molecule has 0 unspecified atom stereocenters. The van der Waals surface area contributed by atoms with Crippen molar-refractivity contribution in [1.29, 1.82) is 5.26 Å². The molecule has 0 bridgehead atoms. The summed E-state index contributed by atoms with van der Waals surface area (Å²) >= 11 is 0. The molecule has 18 heavy (non-hydrogen) atoms. The van der Waals surface area contributed by atoms with E-state index in [4.69, 9.17) is 15.9 Å². The molecule has 0 radical (unpaired) electrons. The van der Waals surface area contributed by atoms with Gasteiger partial charge >= 0.3 is 6.36 Å². The predicted molar refractivity (Wildman–Crippen MR) is 55.6 cm³/mol. The molecular weight excluding hydrogens is 295 g/mol. The number of hydrogen-bond acceptors (Lipinski definition) is 4. The lowest BCUT2D eigenvalue weighted by atomic mass is 10.1. The highest BCUT2D eigenvalue weighted by Gasteiger charge is 2.34. The molecule has 0 heterocycles. The normalized spacial score (nSPS) is 12.0. The Kier molecular flexibility index (Phi) is 3.78. The first-order valence-electron chi connectivity index (χ1n) is 4.30. The Morgan fingerprint density at radius 1 is 1.39 bits per heavy atom. The van der Waals surface area contributed by atoms with Crippen LogP contribution in [0, 0.1) is 18.3 Å². The van der Waals surface area contributed by atoms with Gasteiger partial charge in [-0.3, -0.25) is 0 Å². The molecule has 0 spiro atoms. The van der Waals surface area contributed by atoms with Gasteiger partial charge in [0, 0.05) is 16.2 Å². The molecule has 0 N–H and O–H groups in total. The maximum absolute atomic E-state index is 12.2. The first-order chi connectivity index (χ1) is 8.06. The van der Waals surface area contributed by atoms with Crippen LogP contribution in [0.5, 0.6) is 5.75 Å². The van der Waals surface area contributed by atoms with Crippen molar-refractivity contribution in [2.45, 2.75) is 18.2 Å². The van der Waals surface area contributed by atoms with Gasteiger partial charge in [0.15, 0.2) is 5.75 Å². The number of benzene rings is 1. The molecule has 0 aliphatic carbocycles. The summed E-state index contributed by atoms with van der Waals surface area (Å²) in [6, 6.07) is 3.31. The lowest BCUT2D eigenvalue weighted by Gasteiger charge is -2.14. The molecule has 9 heteroatoms. The molecule has 0 aliphatic rings. The van der Waals surface area contributed by atoms with Gasteiger partial charge in [-0.1, -0.05) is 0 Å². The second kappa shape index (κ2) is 4.66. The standard InChI is InChI=1S/C9H5ClF3NO3S/c1-5-7(18(10,15)16)3-2-6(4-14)8(5)17-9(11,12)13/h2-3H,1H3. The van der Waals surface area contributed by atoms with Crippen LogP contribution in [-0.4, -0.2) is 14.8 Å². The third-order valence-electron chi connectivity index (χ3n) is 1.96. The Bertz CT molecular complexity index is 619. The van der Waals surface area contributed by atoms with E-state index in [1.165, 1.54) is 6.07 Å². The summed E-state index contributed by atoms with van der Waals surface area (Å²) in [6.45, 7) is 1.07. The van der Waals surface area contributed by atoms with E-state index in [9.17, 15) is 21.6 Å². The maximum atomic E-state index is 12.2. The summed E-state index contributed by atoms with van der Waals surface area (Å²) in [6.07, 6.45) is -5.04. The third kappa shape index (κ3) is 3.27. The average molecular weight is 300 g/mol. The maximum Gasteiger partial charge on any atom is 0.573 e. The predicted octanol–water partition coefficient (Wildman–Crippen LogP) is 2.69. The van der Waals surface area contributed by atoms with Crippen molar-refractivity contribution >= 4 is 19.7 Å². The zero-order valence-electron chi connectivity index (χ0n) is 8.75. The number of nitriles is 1. The van der Waals surface area contributed by atoms with Gasteiger partial charge in [0.1, 0.15) is 6.07 Å². The van der Waals surface area contributed by atoms with Gasteiger partial charge in [-0.25, -0.2) is 8.42 Å². The number of nitrogens with zero attached hydrogens (tertiary/aromatic N) is 1. The smallest absolute Gasteiger partial charge is 0.404 e. The summed E-state index contributed by atoms with van der Waals surface area (Å²) in [5.74, 6) is -0.869.